The standard InChI is InChI=1S/C18H20Cl2N2O/c1-12(14-6-5-7-15(19)10-14)22-18(23)11-21-13(2)16-8-3-4-9-17(16)20/h3-10,12-13,21H,11H2,1-2H3,(H,22,23)/p+1/t12-,13-/m1/s1. The van der Waals surface area contributed by atoms with Gasteiger partial charge in [0.05, 0.1) is 6.04 Å². The average Bonchev–Trinajstić information content (AvgIpc) is 2.53. The van der Waals surface area contributed by atoms with E-state index in [0.29, 0.717) is 11.6 Å². The molecule has 0 radical (unpaired) electrons. The summed E-state index contributed by atoms with van der Waals surface area (Å²) in [4.78, 5) is 12.1. The Hall–Kier alpha value is -1.55. The topological polar surface area (TPSA) is 45.7 Å². The van der Waals surface area contributed by atoms with Crippen molar-refractivity contribution in [3.63, 3.8) is 0 Å². The maximum Gasteiger partial charge on any atom is 0.275 e. The summed E-state index contributed by atoms with van der Waals surface area (Å²) in [5, 5.41) is 6.35. The van der Waals surface area contributed by atoms with E-state index in [4.69, 9.17) is 23.2 Å². The summed E-state index contributed by atoms with van der Waals surface area (Å²) in [6.45, 7) is 4.33. The first-order valence-electron chi connectivity index (χ1n) is 7.60. The summed E-state index contributed by atoms with van der Waals surface area (Å²) < 4.78 is 0. The van der Waals surface area contributed by atoms with Crippen LogP contribution in [-0.4, -0.2) is 12.5 Å². The van der Waals surface area contributed by atoms with Crippen molar-refractivity contribution in [1.29, 1.82) is 0 Å². The van der Waals surface area contributed by atoms with Gasteiger partial charge in [0.1, 0.15) is 6.04 Å². The van der Waals surface area contributed by atoms with E-state index >= 15 is 0 Å². The number of nitrogens with one attached hydrogen (secondary N) is 1. The molecule has 23 heavy (non-hydrogen) atoms. The van der Waals surface area contributed by atoms with Crippen molar-refractivity contribution in [2.45, 2.75) is 25.9 Å². The van der Waals surface area contributed by atoms with Gasteiger partial charge in [0, 0.05) is 15.6 Å². The van der Waals surface area contributed by atoms with Gasteiger partial charge in [0.25, 0.3) is 5.91 Å². The van der Waals surface area contributed by atoms with Gasteiger partial charge in [-0.25, -0.2) is 0 Å². The Morgan fingerprint density at radius 2 is 1.87 bits per heavy atom. The molecule has 5 heteroatoms. The van der Waals surface area contributed by atoms with Gasteiger partial charge in [-0.05, 0) is 37.6 Å². The molecule has 2 atom stereocenters. The fourth-order valence-corrected chi connectivity index (χ4v) is 2.92. The number of halogens is 2. The fourth-order valence-electron chi connectivity index (χ4n) is 2.41. The maximum atomic E-state index is 12.1. The summed E-state index contributed by atoms with van der Waals surface area (Å²) in [5.74, 6) is -0.0172. The Morgan fingerprint density at radius 1 is 1.13 bits per heavy atom. The first-order chi connectivity index (χ1) is 11.0. The molecule has 3 N–H and O–H groups in total. The molecule has 0 aliphatic carbocycles. The van der Waals surface area contributed by atoms with Crippen molar-refractivity contribution in [1.82, 2.24) is 5.32 Å². The van der Waals surface area contributed by atoms with Crippen molar-refractivity contribution < 1.29 is 10.1 Å². The highest BCUT2D eigenvalue weighted by molar-refractivity contribution is 6.31. The van der Waals surface area contributed by atoms with Crippen LogP contribution in [0.5, 0.6) is 0 Å². The van der Waals surface area contributed by atoms with Gasteiger partial charge in [-0.3, -0.25) is 4.79 Å². The Morgan fingerprint density at radius 3 is 2.57 bits per heavy atom. The van der Waals surface area contributed by atoms with Crippen LogP contribution in [0.2, 0.25) is 10.0 Å². The second-order valence-corrected chi connectivity index (χ2v) is 6.44. The lowest BCUT2D eigenvalue weighted by atomic mass is 10.1. The van der Waals surface area contributed by atoms with E-state index in [0.717, 1.165) is 16.1 Å². The molecule has 0 aliphatic heterocycles. The summed E-state index contributed by atoms with van der Waals surface area (Å²) >= 11 is 12.2. The van der Waals surface area contributed by atoms with Gasteiger partial charge in [-0.2, -0.15) is 0 Å². The zero-order valence-electron chi connectivity index (χ0n) is 13.2. The summed E-state index contributed by atoms with van der Waals surface area (Å²) in [5.41, 5.74) is 2.02. The first kappa shape index (κ1) is 17.8. The third-order valence-electron chi connectivity index (χ3n) is 3.78. The van der Waals surface area contributed by atoms with Gasteiger partial charge in [-0.15, -0.1) is 0 Å². The van der Waals surface area contributed by atoms with Crippen LogP contribution in [0.15, 0.2) is 48.5 Å². The maximum absolute atomic E-state index is 12.1. The smallest absolute Gasteiger partial charge is 0.275 e. The minimum Gasteiger partial charge on any atom is -0.345 e. The van der Waals surface area contributed by atoms with E-state index in [1.54, 1.807) is 0 Å². The summed E-state index contributed by atoms with van der Waals surface area (Å²) in [7, 11) is 0. The van der Waals surface area contributed by atoms with Crippen molar-refractivity contribution in [2.75, 3.05) is 6.54 Å². The van der Waals surface area contributed by atoms with Crippen molar-refractivity contribution in [3.8, 4) is 0 Å². The minimum absolute atomic E-state index is 0.0172. The number of carbonyl (C=O) groups excluding carboxylic acids is 1. The molecule has 0 spiro atoms. The van der Waals surface area contributed by atoms with Gasteiger partial charge >= 0.3 is 0 Å². The molecule has 3 nitrogen and oxygen atoms in total. The van der Waals surface area contributed by atoms with Crippen molar-refractivity contribution >= 4 is 29.1 Å². The lowest BCUT2D eigenvalue weighted by Gasteiger charge is -2.16. The number of benzene rings is 2. The van der Waals surface area contributed by atoms with E-state index in [9.17, 15) is 4.79 Å². The predicted molar refractivity (Wildman–Crippen MR) is 94.7 cm³/mol. The largest absolute Gasteiger partial charge is 0.345 e. The van der Waals surface area contributed by atoms with E-state index < -0.39 is 0 Å². The monoisotopic (exact) mass is 351 g/mol. The molecule has 0 aliphatic rings. The average molecular weight is 352 g/mol. The number of amides is 1. The molecule has 1 amide bonds. The Labute approximate surface area is 147 Å². The summed E-state index contributed by atoms with van der Waals surface area (Å²) in [6.07, 6.45) is 0. The lowest BCUT2D eigenvalue weighted by molar-refractivity contribution is -0.682. The summed E-state index contributed by atoms with van der Waals surface area (Å²) in [6, 6.07) is 15.3. The van der Waals surface area contributed by atoms with Crippen LogP contribution in [0.25, 0.3) is 0 Å². The molecule has 0 heterocycles. The zero-order chi connectivity index (χ0) is 16.8. The number of quaternary nitrogens is 1. The van der Waals surface area contributed by atoms with Crippen molar-refractivity contribution in [2.24, 2.45) is 0 Å². The number of carbonyl (C=O) groups is 1. The van der Waals surface area contributed by atoms with E-state index in [2.05, 4.69) is 5.32 Å². The molecule has 0 fully saturated rings. The van der Waals surface area contributed by atoms with E-state index in [-0.39, 0.29) is 18.0 Å². The molecule has 0 bridgehead atoms. The second kappa shape index (κ2) is 8.34. The molecule has 0 saturated heterocycles. The number of nitrogens with two attached hydrogens (primary N) is 1. The minimum atomic E-state index is -0.0785. The molecule has 2 aromatic carbocycles. The Bertz CT molecular complexity index is 676. The van der Waals surface area contributed by atoms with E-state index in [1.807, 2.05) is 67.7 Å². The van der Waals surface area contributed by atoms with Gasteiger partial charge in [0.2, 0.25) is 0 Å². The van der Waals surface area contributed by atoms with Gasteiger partial charge in [0.15, 0.2) is 6.54 Å². The van der Waals surface area contributed by atoms with Crippen LogP contribution >= 0.6 is 23.2 Å². The SMILES string of the molecule is C[C@@H](NC(=O)C[NH2+][C@H](C)c1ccccc1Cl)c1cccc(Cl)c1. The highest BCUT2D eigenvalue weighted by Gasteiger charge is 2.15. The zero-order valence-corrected chi connectivity index (χ0v) is 14.7. The second-order valence-electron chi connectivity index (χ2n) is 5.59. The third kappa shape index (κ3) is 5.24. The highest BCUT2D eigenvalue weighted by atomic mass is 35.5. The Kier molecular flexibility index (Phi) is 6.46. The van der Waals surface area contributed by atoms with Gasteiger partial charge < -0.3 is 10.6 Å². The molecule has 122 valence electrons. The molecule has 0 unspecified atom stereocenters. The molecule has 2 rings (SSSR count). The molecule has 0 aromatic heterocycles. The molecule has 2 aromatic rings. The van der Waals surface area contributed by atoms with Crippen LogP contribution < -0.4 is 10.6 Å². The Balaban J connectivity index is 1.86. The van der Waals surface area contributed by atoms with Crippen molar-refractivity contribution in [3.05, 3.63) is 69.7 Å². The number of hydrogen-bond donors (Lipinski definition) is 2. The normalized spacial score (nSPS) is 13.4. The van der Waals surface area contributed by atoms with Crippen LogP contribution in [0.1, 0.15) is 37.1 Å². The van der Waals surface area contributed by atoms with Crippen LogP contribution in [0, 0.1) is 0 Å². The fraction of sp³-hybridized carbons (Fsp3) is 0.278. The lowest BCUT2D eigenvalue weighted by Crippen LogP contribution is -2.87. The highest BCUT2D eigenvalue weighted by Crippen LogP contribution is 2.19. The predicted octanol–water partition coefficient (Wildman–Crippen LogP) is 3.50. The molecular weight excluding hydrogens is 331 g/mol. The van der Waals surface area contributed by atoms with E-state index in [1.165, 1.54) is 0 Å². The third-order valence-corrected chi connectivity index (χ3v) is 4.36. The van der Waals surface area contributed by atoms with Crippen LogP contribution in [-0.2, 0) is 4.79 Å². The molecular formula is C18H21Cl2N2O+. The first-order valence-corrected chi connectivity index (χ1v) is 8.35. The van der Waals surface area contributed by atoms with Crippen LogP contribution in [0.3, 0.4) is 0 Å². The van der Waals surface area contributed by atoms with Gasteiger partial charge in [-0.1, -0.05) is 53.5 Å². The quantitative estimate of drug-likeness (QED) is 0.821. The molecule has 0 saturated carbocycles. The van der Waals surface area contributed by atoms with Crippen LogP contribution in [0.4, 0.5) is 0 Å². The number of rotatable bonds is 6. The number of hydrogen-bond acceptors (Lipinski definition) is 1.